The number of sulfonamides is 2. The third-order valence-electron chi connectivity index (χ3n) is 4.75. The fourth-order valence-electron chi connectivity index (χ4n) is 3.05. The van der Waals surface area contributed by atoms with Crippen LogP contribution in [-0.2, 0) is 20.0 Å². The van der Waals surface area contributed by atoms with Gasteiger partial charge in [-0.15, -0.1) is 0 Å². The smallest absolute Gasteiger partial charge is 0.265 e. The summed E-state index contributed by atoms with van der Waals surface area (Å²) >= 11 is 0. The van der Waals surface area contributed by atoms with E-state index in [1.165, 1.54) is 31.4 Å². The zero-order valence-corrected chi connectivity index (χ0v) is 19.3. The van der Waals surface area contributed by atoms with Crippen LogP contribution in [0.2, 0.25) is 0 Å². The molecule has 0 aliphatic rings. The molecule has 0 unspecified atom stereocenters. The number of nitrogens with one attached hydrogen (secondary N) is 2. The van der Waals surface area contributed by atoms with Gasteiger partial charge in [-0.2, -0.15) is 0 Å². The lowest BCUT2D eigenvalue weighted by atomic mass is 10.1. The molecule has 0 atom stereocenters. The molecule has 0 radical (unpaired) electrons. The van der Waals surface area contributed by atoms with E-state index in [4.69, 9.17) is 4.74 Å². The molecule has 0 aliphatic carbocycles. The molecular formula is C22H24N2O5S2. The minimum absolute atomic E-state index is 0.0430. The number of para-hydroxylation sites is 1. The number of anilines is 2. The number of hydrogen-bond acceptors (Lipinski definition) is 5. The van der Waals surface area contributed by atoms with E-state index < -0.39 is 20.0 Å². The van der Waals surface area contributed by atoms with Crippen molar-refractivity contribution in [3.8, 4) is 5.75 Å². The van der Waals surface area contributed by atoms with Crippen molar-refractivity contribution >= 4 is 31.4 Å². The fraction of sp³-hybridized carbons (Fsp3) is 0.182. The first kappa shape index (κ1) is 22.6. The first-order valence-corrected chi connectivity index (χ1v) is 12.4. The van der Waals surface area contributed by atoms with E-state index in [1.54, 1.807) is 31.2 Å². The molecule has 0 saturated heterocycles. The topological polar surface area (TPSA) is 102 Å². The van der Waals surface area contributed by atoms with Gasteiger partial charge in [0.1, 0.15) is 10.6 Å². The maximum Gasteiger partial charge on any atom is 0.265 e. The quantitative estimate of drug-likeness (QED) is 0.550. The third-order valence-corrected chi connectivity index (χ3v) is 7.52. The Balaban J connectivity index is 1.96. The molecule has 0 bridgehead atoms. The fourth-order valence-corrected chi connectivity index (χ4v) is 5.50. The zero-order valence-electron chi connectivity index (χ0n) is 17.6. The highest BCUT2D eigenvalue weighted by molar-refractivity contribution is 7.93. The Morgan fingerprint density at radius 3 is 2.06 bits per heavy atom. The highest BCUT2D eigenvalue weighted by Crippen LogP contribution is 2.29. The molecule has 0 amide bonds. The van der Waals surface area contributed by atoms with Crippen LogP contribution in [-0.4, -0.2) is 23.9 Å². The predicted octanol–water partition coefficient (Wildman–Crippen LogP) is 4.22. The van der Waals surface area contributed by atoms with Crippen LogP contribution in [0.4, 0.5) is 11.4 Å². The van der Waals surface area contributed by atoms with Crippen LogP contribution in [0.3, 0.4) is 0 Å². The highest BCUT2D eigenvalue weighted by atomic mass is 32.2. The summed E-state index contributed by atoms with van der Waals surface area (Å²) in [6, 6.07) is 15.9. The normalized spacial score (nSPS) is 11.7. The minimum atomic E-state index is -4.00. The summed E-state index contributed by atoms with van der Waals surface area (Å²) in [4.78, 5) is -0.102. The predicted molar refractivity (Wildman–Crippen MR) is 122 cm³/mol. The SMILES string of the molecule is COc1ccccc1S(=O)(=O)Nc1cc(S(=O)(=O)Nc2ccc(C)cc2C)ccc1C. The van der Waals surface area contributed by atoms with Crippen LogP contribution in [0, 0.1) is 20.8 Å². The van der Waals surface area contributed by atoms with Crippen molar-refractivity contribution in [2.75, 3.05) is 16.6 Å². The minimum Gasteiger partial charge on any atom is -0.495 e. The van der Waals surface area contributed by atoms with Gasteiger partial charge in [0.05, 0.1) is 23.4 Å². The third kappa shape index (κ3) is 5.00. The molecule has 0 aromatic heterocycles. The number of rotatable bonds is 7. The standard InChI is InChI=1S/C22H24N2O5S2/c1-15-9-12-19(17(3)13-15)23-30(25,26)18-11-10-16(2)20(14-18)24-31(27,28)22-8-6-5-7-21(22)29-4/h5-14,23-24H,1-4H3. The first-order chi connectivity index (χ1) is 14.5. The Kier molecular flexibility index (Phi) is 6.28. The van der Waals surface area contributed by atoms with E-state index in [-0.39, 0.29) is 21.2 Å². The highest BCUT2D eigenvalue weighted by Gasteiger charge is 2.22. The Hall–Kier alpha value is -3.04. The summed E-state index contributed by atoms with van der Waals surface area (Å²) in [5, 5.41) is 0. The molecule has 3 rings (SSSR count). The van der Waals surface area contributed by atoms with Crippen molar-refractivity contribution in [2.24, 2.45) is 0 Å². The maximum absolute atomic E-state index is 12.9. The Bertz CT molecular complexity index is 1330. The summed E-state index contributed by atoms with van der Waals surface area (Å²) in [5.41, 5.74) is 3.00. The molecule has 3 aromatic rings. The van der Waals surface area contributed by atoms with Crippen molar-refractivity contribution in [3.63, 3.8) is 0 Å². The number of benzene rings is 3. The van der Waals surface area contributed by atoms with Crippen LogP contribution in [0.25, 0.3) is 0 Å². The van der Waals surface area contributed by atoms with Crippen LogP contribution < -0.4 is 14.2 Å². The molecule has 3 aromatic carbocycles. The molecule has 0 aliphatic heterocycles. The molecule has 0 heterocycles. The number of methoxy groups -OCH3 is 1. The van der Waals surface area contributed by atoms with Gasteiger partial charge < -0.3 is 4.74 Å². The molecule has 31 heavy (non-hydrogen) atoms. The molecular weight excluding hydrogens is 436 g/mol. The van der Waals surface area contributed by atoms with Crippen LogP contribution in [0.5, 0.6) is 5.75 Å². The molecule has 7 nitrogen and oxygen atoms in total. The van der Waals surface area contributed by atoms with Crippen molar-refractivity contribution in [1.82, 2.24) is 0 Å². The second kappa shape index (κ2) is 8.60. The second-order valence-electron chi connectivity index (χ2n) is 7.16. The van der Waals surface area contributed by atoms with Crippen LogP contribution in [0.1, 0.15) is 16.7 Å². The largest absolute Gasteiger partial charge is 0.495 e. The van der Waals surface area contributed by atoms with E-state index in [0.717, 1.165) is 11.1 Å². The molecule has 0 saturated carbocycles. The second-order valence-corrected chi connectivity index (χ2v) is 10.5. The van der Waals surface area contributed by atoms with Gasteiger partial charge in [-0.3, -0.25) is 9.44 Å². The van der Waals surface area contributed by atoms with Crippen molar-refractivity contribution in [1.29, 1.82) is 0 Å². The van der Waals surface area contributed by atoms with Crippen molar-refractivity contribution in [3.05, 3.63) is 77.4 Å². The number of aryl methyl sites for hydroxylation is 3. The Morgan fingerprint density at radius 2 is 1.39 bits per heavy atom. The Morgan fingerprint density at radius 1 is 0.710 bits per heavy atom. The zero-order chi connectivity index (χ0) is 22.8. The summed E-state index contributed by atoms with van der Waals surface area (Å²) < 4.78 is 61.8. The van der Waals surface area contributed by atoms with E-state index in [0.29, 0.717) is 11.3 Å². The molecule has 0 spiro atoms. The van der Waals surface area contributed by atoms with Gasteiger partial charge in [0.25, 0.3) is 20.0 Å². The van der Waals surface area contributed by atoms with Gasteiger partial charge in [-0.1, -0.05) is 35.9 Å². The lowest BCUT2D eigenvalue weighted by Gasteiger charge is -2.15. The summed E-state index contributed by atoms with van der Waals surface area (Å²) in [6.45, 7) is 5.42. The maximum atomic E-state index is 12.9. The van der Waals surface area contributed by atoms with Crippen LogP contribution >= 0.6 is 0 Å². The first-order valence-electron chi connectivity index (χ1n) is 9.40. The molecule has 164 valence electrons. The monoisotopic (exact) mass is 460 g/mol. The summed E-state index contributed by atoms with van der Waals surface area (Å²) in [7, 11) is -6.55. The Labute approximate surface area is 183 Å². The lowest BCUT2D eigenvalue weighted by Crippen LogP contribution is -2.17. The van der Waals surface area contributed by atoms with Gasteiger partial charge in [-0.05, 0) is 62.2 Å². The van der Waals surface area contributed by atoms with Gasteiger partial charge >= 0.3 is 0 Å². The van der Waals surface area contributed by atoms with E-state index in [9.17, 15) is 16.8 Å². The molecule has 9 heteroatoms. The number of ether oxygens (including phenoxy) is 1. The van der Waals surface area contributed by atoms with Gasteiger partial charge in [-0.25, -0.2) is 16.8 Å². The lowest BCUT2D eigenvalue weighted by molar-refractivity contribution is 0.403. The van der Waals surface area contributed by atoms with Crippen molar-refractivity contribution in [2.45, 2.75) is 30.6 Å². The van der Waals surface area contributed by atoms with E-state index in [2.05, 4.69) is 9.44 Å². The molecule has 2 N–H and O–H groups in total. The van der Waals surface area contributed by atoms with Crippen molar-refractivity contribution < 1.29 is 21.6 Å². The van der Waals surface area contributed by atoms with Gasteiger partial charge in [0.2, 0.25) is 0 Å². The average Bonchev–Trinajstić information content (AvgIpc) is 2.71. The van der Waals surface area contributed by atoms with Crippen LogP contribution in [0.15, 0.2) is 70.5 Å². The summed E-state index contributed by atoms with van der Waals surface area (Å²) in [5.74, 6) is 0.188. The van der Waals surface area contributed by atoms with Gasteiger partial charge in [0.15, 0.2) is 0 Å². The number of hydrogen-bond donors (Lipinski definition) is 2. The average molecular weight is 461 g/mol. The summed E-state index contributed by atoms with van der Waals surface area (Å²) in [6.07, 6.45) is 0. The van der Waals surface area contributed by atoms with E-state index in [1.807, 2.05) is 26.0 Å². The van der Waals surface area contributed by atoms with Gasteiger partial charge in [0, 0.05) is 0 Å². The van der Waals surface area contributed by atoms with E-state index >= 15 is 0 Å². The molecule has 0 fully saturated rings.